The van der Waals surface area contributed by atoms with Gasteiger partial charge in [-0.1, -0.05) is 36.4 Å². The average molecular weight is 301 g/mol. The zero-order valence-electron chi connectivity index (χ0n) is 12.4. The van der Waals surface area contributed by atoms with Gasteiger partial charge in [0.1, 0.15) is 0 Å². The summed E-state index contributed by atoms with van der Waals surface area (Å²) in [6, 6.07) is 22.9. The van der Waals surface area contributed by atoms with E-state index in [0.29, 0.717) is 5.84 Å². The fraction of sp³-hybridized carbons (Fsp3) is 0. The van der Waals surface area contributed by atoms with Crippen molar-refractivity contribution in [3.8, 4) is 0 Å². The molecule has 3 rings (SSSR count). The number of hydrogen-bond donors (Lipinski definition) is 1. The number of azo groups is 1. The molecule has 1 aromatic heterocycles. The number of nitrogens with zero attached hydrogens (tertiary/aromatic N) is 4. The Morgan fingerprint density at radius 1 is 0.783 bits per heavy atom. The van der Waals surface area contributed by atoms with Gasteiger partial charge in [-0.2, -0.15) is 5.10 Å². The Hall–Kier alpha value is -3.34. The monoisotopic (exact) mass is 301 g/mol. The molecule has 0 atom stereocenters. The summed E-state index contributed by atoms with van der Waals surface area (Å²) < 4.78 is 0. The minimum absolute atomic E-state index is 0.486. The number of rotatable bonds is 4. The van der Waals surface area contributed by atoms with Gasteiger partial charge in [0.2, 0.25) is 5.84 Å². The number of hydrazone groups is 1. The third kappa shape index (κ3) is 4.31. The van der Waals surface area contributed by atoms with E-state index in [4.69, 9.17) is 0 Å². The van der Waals surface area contributed by atoms with Gasteiger partial charge in [0.15, 0.2) is 0 Å². The minimum atomic E-state index is 0.486. The molecule has 5 nitrogen and oxygen atoms in total. The fourth-order valence-corrected chi connectivity index (χ4v) is 1.88. The zero-order valence-corrected chi connectivity index (χ0v) is 12.4. The van der Waals surface area contributed by atoms with Crippen molar-refractivity contribution < 1.29 is 0 Å². The van der Waals surface area contributed by atoms with E-state index >= 15 is 0 Å². The lowest BCUT2D eigenvalue weighted by atomic mass is 10.2. The van der Waals surface area contributed by atoms with Gasteiger partial charge in [-0.05, 0) is 36.4 Å². The third-order valence-corrected chi connectivity index (χ3v) is 3.02. The number of para-hydroxylation sites is 1. The standard InChI is InChI=1S/C18H15N5/c1-3-7-16(8-4-1)20-22-18(15-11-13-19-14-12-15)23-21-17-9-5-2-6-10-17/h1-14,20H/b22-18+,23-21?. The Bertz CT molecular complexity index is 783. The molecule has 0 fully saturated rings. The van der Waals surface area contributed by atoms with Crippen molar-refractivity contribution in [2.45, 2.75) is 0 Å². The van der Waals surface area contributed by atoms with Crippen LogP contribution in [0.2, 0.25) is 0 Å². The fourth-order valence-electron chi connectivity index (χ4n) is 1.88. The van der Waals surface area contributed by atoms with Gasteiger partial charge >= 0.3 is 0 Å². The molecule has 23 heavy (non-hydrogen) atoms. The summed E-state index contributed by atoms with van der Waals surface area (Å²) in [7, 11) is 0. The second-order valence-corrected chi connectivity index (χ2v) is 4.68. The normalized spacial score (nSPS) is 11.6. The quantitative estimate of drug-likeness (QED) is 0.330. The van der Waals surface area contributed by atoms with Crippen LogP contribution in [0.25, 0.3) is 0 Å². The second-order valence-electron chi connectivity index (χ2n) is 4.68. The van der Waals surface area contributed by atoms with Crippen LogP contribution in [0.4, 0.5) is 11.4 Å². The molecule has 5 heteroatoms. The van der Waals surface area contributed by atoms with Crippen molar-refractivity contribution in [1.29, 1.82) is 0 Å². The topological polar surface area (TPSA) is 62.0 Å². The van der Waals surface area contributed by atoms with E-state index in [1.807, 2.05) is 72.8 Å². The predicted molar refractivity (Wildman–Crippen MR) is 91.8 cm³/mol. The Kier molecular flexibility index (Phi) is 4.83. The summed E-state index contributed by atoms with van der Waals surface area (Å²) in [4.78, 5) is 4.02. The Labute approximate surface area is 134 Å². The molecule has 3 aromatic rings. The summed E-state index contributed by atoms with van der Waals surface area (Å²) >= 11 is 0. The first-order chi connectivity index (χ1) is 11.4. The molecular weight excluding hydrogens is 286 g/mol. The van der Waals surface area contributed by atoms with Crippen LogP contribution in [0.15, 0.2) is 101 Å². The number of benzene rings is 2. The van der Waals surface area contributed by atoms with Crippen molar-refractivity contribution >= 4 is 17.2 Å². The van der Waals surface area contributed by atoms with Crippen LogP contribution >= 0.6 is 0 Å². The van der Waals surface area contributed by atoms with E-state index in [1.54, 1.807) is 12.4 Å². The molecule has 0 aliphatic carbocycles. The lowest BCUT2D eigenvalue weighted by Gasteiger charge is -2.03. The maximum Gasteiger partial charge on any atom is 0.201 e. The van der Waals surface area contributed by atoms with Crippen molar-refractivity contribution in [3.63, 3.8) is 0 Å². The first kappa shape index (κ1) is 14.6. The molecule has 1 heterocycles. The maximum absolute atomic E-state index is 4.36. The van der Waals surface area contributed by atoms with Crippen LogP contribution in [0, 0.1) is 0 Å². The van der Waals surface area contributed by atoms with Crippen molar-refractivity contribution in [3.05, 3.63) is 90.8 Å². The molecule has 2 aromatic carbocycles. The Balaban J connectivity index is 1.86. The molecule has 0 aliphatic heterocycles. The zero-order chi connectivity index (χ0) is 15.7. The number of anilines is 1. The van der Waals surface area contributed by atoms with Crippen LogP contribution in [-0.2, 0) is 0 Å². The predicted octanol–water partition coefficient (Wildman–Crippen LogP) is 4.64. The van der Waals surface area contributed by atoms with Crippen LogP contribution in [0.3, 0.4) is 0 Å². The SMILES string of the molecule is c1ccc(N=N/C(=N/Nc2ccccc2)c2ccncc2)cc1. The molecule has 112 valence electrons. The number of amidine groups is 1. The van der Waals surface area contributed by atoms with E-state index in [-0.39, 0.29) is 0 Å². The van der Waals surface area contributed by atoms with Crippen molar-refractivity contribution in [2.24, 2.45) is 15.3 Å². The van der Waals surface area contributed by atoms with Gasteiger partial charge < -0.3 is 0 Å². The molecule has 0 saturated heterocycles. The van der Waals surface area contributed by atoms with Gasteiger partial charge in [0.05, 0.1) is 11.4 Å². The number of hydrogen-bond acceptors (Lipinski definition) is 4. The van der Waals surface area contributed by atoms with Crippen LogP contribution in [0.1, 0.15) is 5.56 Å². The van der Waals surface area contributed by atoms with Crippen molar-refractivity contribution in [2.75, 3.05) is 5.43 Å². The van der Waals surface area contributed by atoms with Gasteiger partial charge in [0.25, 0.3) is 0 Å². The Morgan fingerprint density at radius 2 is 1.43 bits per heavy atom. The number of pyridine rings is 1. The highest BCUT2D eigenvalue weighted by Crippen LogP contribution is 2.13. The molecule has 0 spiro atoms. The van der Waals surface area contributed by atoms with Crippen LogP contribution < -0.4 is 5.43 Å². The molecule has 0 saturated carbocycles. The number of nitrogens with one attached hydrogen (secondary N) is 1. The Morgan fingerprint density at radius 3 is 2.13 bits per heavy atom. The van der Waals surface area contributed by atoms with E-state index in [2.05, 4.69) is 25.7 Å². The average Bonchev–Trinajstić information content (AvgIpc) is 2.64. The molecule has 0 aliphatic rings. The maximum atomic E-state index is 4.36. The summed E-state index contributed by atoms with van der Waals surface area (Å²) in [5.74, 6) is 0.486. The van der Waals surface area contributed by atoms with Crippen LogP contribution in [0.5, 0.6) is 0 Å². The molecule has 0 bridgehead atoms. The summed E-state index contributed by atoms with van der Waals surface area (Å²) in [6.07, 6.45) is 3.40. The highest BCUT2D eigenvalue weighted by molar-refractivity contribution is 5.99. The first-order valence-electron chi connectivity index (χ1n) is 7.18. The number of aromatic nitrogens is 1. The van der Waals surface area contributed by atoms with E-state index < -0.39 is 0 Å². The summed E-state index contributed by atoms with van der Waals surface area (Å²) in [5.41, 5.74) is 5.49. The van der Waals surface area contributed by atoms with E-state index in [0.717, 1.165) is 16.9 Å². The minimum Gasteiger partial charge on any atom is -0.276 e. The van der Waals surface area contributed by atoms with E-state index in [9.17, 15) is 0 Å². The summed E-state index contributed by atoms with van der Waals surface area (Å²) in [5, 5.41) is 12.9. The second kappa shape index (κ2) is 7.61. The van der Waals surface area contributed by atoms with Gasteiger partial charge in [-0.15, -0.1) is 10.2 Å². The van der Waals surface area contributed by atoms with Gasteiger partial charge in [0, 0.05) is 18.0 Å². The lowest BCUT2D eigenvalue weighted by molar-refractivity contribution is 1.21. The first-order valence-corrected chi connectivity index (χ1v) is 7.18. The molecule has 1 N–H and O–H groups in total. The molecule has 0 radical (unpaired) electrons. The van der Waals surface area contributed by atoms with E-state index in [1.165, 1.54) is 0 Å². The largest absolute Gasteiger partial charge is 0.276 e. The lowest BCUT2D eigenvalue weighted by Crippen LogP contribution is -2.01. The third-order valence-electron chi connectivity index (χ3n) is 3.02. The van der Waals surface area contributed by atoms with Gasteiger partial charge in [-0.25, -0.2) is 0 Å². The highest BCUT2D eigenvalue weighted by Gasteiger charge is 2.02. The molecule has 0 amide bonds. The van der Waals surface area contributed by atoms with Crippen LogP contribution in [-0.4, -0.2) is 10.8 Å². The molecular formula is C18H15N5. The molecule has 0 unspecified atom stereocenters. The summed E-state index contributed by atoms with van der Waals surface area (Å²) in [6.45, 7) is 0. The van der Waals surface area contributed by atoms with Gasteiger partial charge in [-0.3, -0.25) is 10.4 Å². The highest BCUT2D eigenvalue weighted by atomic mass is 15.3. The smallest absolute Gasteiger partial charge is 0.201 e. The van der Waals surface area contributed by atoms with Crippen molar-refractivity contribution in [1.82, 2.24) is 4.98 Å².